The Morgan fingerprint density at radius 1 is 0.486 bits per heavy atom. The minimum absolute atomic E-state index is 0.00539. The number of hydrogen-bond acceptors (Lipinski definition) is 6. The van der Waals surface area contributed by atoms with E-state index in [4.69, 9.17) is 27.2 Å². The molecule has 0 amide bonds. The molecule has 4 rings (SSSR count). The summed E-state index contributed by atoms with van der Waals surface area (Å²) in [5, 5.41) is 4.61. The van der Waals surface area contributed by atoms with Crippen molar-refractivity contribution >= 4 is 54.0 Å². The van der Waals surface area contributed by atoms with E-state index in [1.54, 1.807) is 7.11 Å². The van der Waals surface area contributed by atoms with Gasteiger partial charge in [-0.1, -0.05) is 250 Å². The van der Waals surface area contributed by atoms with Crippen LogP contribution >= 0.6 is 0 Å². The fourth-order valence-electron chi connectivity index (χ4n) is 10.3. The molecule has 8 atom stereocenters. The molecule has 0 fully saturated rings. The maximum Gasteiger partial charge on any atom is 0.261 e. The van der Waals surface area contributed by atoms with E-state index in [9.17, 15) is 0 Å². The van der Waals surface area contributed by atoms with Gasteiger partial charge in [0.1, 0.15) is 6.79 Å². The van der Waals surface area contributed by atoms with Crippen LogP contribution in [0, 0.1) is 23.7 Å². The monoisotopic (exact) mass is 1080 g/mol. The molecule has 0 saturated heterocycles. The topological polar surface area (TPSA) is 55.4 Å². The molecule has 0 bridgehead atoms. The standard InChI is InChI=1S/C64H102O6Si4/c1-23-49(2)60(70-72(21,22)62(9,10)11)52(5)58(69-71(19,20)61(6,7)8)46-53(68-74(64(15,16)17,56-40-32-26-33-41-56)57-42-34-27-35-43-57)45-44-50(3)59(66-48-65-18)51(4)47-67-73(63(12,13)14,54-36-28-24-29-37-54)55-38-30-25-31-39-55/h23-45,49-53,58-60H,1,46-48H2,2-22H3/b45-44-/t49-,50-,51-,52-,53+,58-,59-,60+/m0/s1. The van der Waals surface area contributed by atoms with Crippen molar-refractivity contribution in [3.8, 4) is 0 Å². The van der Waals surface area contributed by atoms with Gasteiger partial charge in [0, 0.05) is 37.9 Å². The number of hydrogen-bond donors (Lipinski definition) is 0. The molecule has 0 aromatic heterocycles. The van der Waals surface area contributed by atoms with Gasteiger partial charge in [-0.05, 0) is 73.0 Å². The lowest BCUT2D eigenvalue weighted by atomic mass is 9.87. The fourth-order valence-corrected chi connectivity index (χ4v) is 22.5. The summed E-state index contributed by atoms with van der Waals surface area (Å²) in [6.07, 6.45) is 6.54. The molecule has 74 heavy (non-hydrogen) atoms. The first-order chi connectivity index (χ1) is 34.3. The van der Waals surface area contributed by atoms with Crippen molar-refractivity contribution in [3.63, 3.8) is 0 Å². The number of ether oxygens (including phenoxy) is 2. The predicted molar refractivity (Wildman–Crippen MR) is 328 cm³/mol. The van der Waals surface area contributed by atoms with Crippen molar-refractivity contribution in [2.24, 2.45) is 23.7 Å². The molecule has 0 aliphatic rings. The number of rotatable bonds is 26. The van der Waals surface area contributed by atoms with Crippen LogP contribution in [-0.4, -0.2) is 78.2 Å². The van der Waals surface area contributed by atoms with Gasteiger partial charge in [0.15, 0.2) is 16.6 Å². The Balaban J connectivity index is 1.95. The van der Waals surface area contributed by atoms with E-state index in [-0.39, 0.29) is 75.0 Å². The second kappa shape index (κ2) is 26.1. The van der Waals surface area contributed by atoms with Gasteiger partial charge in [-0.3, -0.25) is 0 Å². The third kappa shape index (κ3) is 15.2. The SMILES string of the molecule is C=C[C@H](C)[C@@H](O[Si](C)(C)C(C)(C)C)[C@@H](C)[C@H](C[C@@H](/C=C\[C@H](C)[C@H](OCOC)[C@@H](C)CO[Si](c1ccccc1)(c1ccccc1)C(C)(C)C)O[Si](c1ccccc1)(c1ccccc1)C(C)(C)C)O[Si](C)(C)C(C)(C)C. The van der Waals surface area contributed by atoms with Crippen molar-refractivity contribution in [2.45, 2.75) is 188 Å². The second-order valence-corrected chi connectivity index (χ2v) is 44.6. The van der Waals surface area contributed by atoms with E-state index >= 15 is 0 Å². The van der Waals surface area contributed by atoms with Crippen LogP contribution in [0.1, 0.15) is 117 Å². The highest BCUT2D eigenvalue weighted by molar-refractivity contribution is 7.00. The molecule has 4 aromatic carbocycles. The van der Waals surface area contributed by atoms with Gasteiger partial charge in [-0.15, -0.1) is 6.58 Å². The van der Waals surface area contributed by atoms with Crippen molar-refractivity contribution in [1.29, 1.82) is 0 Å². The van der Waals surface area contributed by atoms with Gasteiger partial charge in [0.05, 0.1) is 24.4 Å². The molecule has 10 heteroatoms. The zero-order valence-electron chi connectivity index (χ0n) is 50.2. The molecule has 0 N–H and O–H groups in total. The van der Waals surface area contributed by atoms with Gasteiger partial charge >= 0.3 is 0 Å². The Morgan fingerprint density at radius 3 is 1.24 bits per heavy atom. The van der Waals surface area contributed by atoms with Crippen LogP contribution in [0.4, 0.5) is 0 Å². The summed E-state index contributed by atoms with van der Waals surface area (Å²) in [4.78, 5) is 0. The minimum atomic E-state index is -3.09. The minimum Gasteiger partial charge on any atom is -0.413 e. The molecule has 0 unspecified atom stereocenters. The molecule has 410 valence electrons. The highest BCUT2D eigenvalue weighted by Gasteiger charge is 2.53. The summed E-state index contributed by atoms with van der Waals surface area (Å²) in [7, 11) is -8.82. The fraction of sp³-hybridized carbons (Fsp3) is 0.562. The maximum absolute atomic E-state index is 8.23. The van der Waals surface area contributed by atoms with Crippen LogP contribution in [0.3, 0.4) is 0 Å². The lowest BCUT2D eigenvalue weighted by Gasteiger charge is -2.48. The number of benzene rings is 4. The molecule has 0 aliphatic heterocycles. The quantitative estimate of drug-likeness (QED) is 0.0355. The number of methoxy groups -OCH3 is 1. The summed E-state index contributed by atoms with van der Waals surface area (Å²) < 4.78 is 43.5. The summed E-state index contributed by atoms with van der Waals surface area (Å²) in [6.45, 7) is 51.8. The Labute approximate surface area is 457 Å². The van der Waals surface area contributed by atoms with E-state index in [0.717, 1.165) is 0 Å². The van der Waals surface area contributed by atoms with Crippen molar-refractivity contribution < 1.29 is 27.2 Å². The zero-order valence-corrected chi connectivity index (χ0v) is 54.2. The van der Waals surface area contributed by atoms with Crippen molar-refractivity contribution in [2.75, 3.05) is 20.5 Å². The average Bonchev–Trinajstić information content (AvgIpc) is 3.33. The first-order valence-electron chi connectivity index (χ1n) is 27.6. The van der Waals surface area contributed by atoms with E-state index in [2.05, 4.69) is 283 Å². The van der Waals surface area contributed by atoms with Crippen LogP contribution in [0.5, 0.6) is 0 Å². The summed E-state index contributed by atoms with van der Waals surface area (Å²) in [5.41, 5.74) is 0. The van der Waals surface area contributed by atoms with Crippen LogP contribution < -0.4 is 20.7 Å². The van der Waals surface area contributed by atoms with Crippen LogP contribution in [-0.2, 0) is 27.2 Å². The first-order valence-corrected chi connectivity index (χ1v) is 37.3. The lowest BCUT2D eigenvalue weighted by Crippen LogP contribution is -2.67. The van der Waals surface area contributed by atoms with Crippen LogP contribution in [0.25, 0.3) is 0 Å². The van der Waals surface area contributed by atoms with E-state index in [1.807, 2.05) is 0 Å². The highest BCUT2D eigenvalue weighted by Crippen LogP contribution is 2.45. The Bertz CT molecular complexity index is 2220. The molecule has 0 aliphatic carbocycles. The third-order valence-corrected chi connectivity index (χ3v) is 35.8. The maximum atomic E-state index is 8.23. The first kappa shape index (κ1) is 63.5. The molecule has 0 heterocycles. The van der Waals surface area contributed by atoms with E-state index in [0.29, 0.717) is 13.0 Å². The molecular formula is C64H102O6Si4. The molecule has 4 aromatic rings. The normalized spacial score (nSPS) is 17.0. The van der Waals surface area contributed by atoms with Gasteiger partial charge in [-0.25, -0.2) is 0 Å². The van der Waals surface area contributed by atoms with Gasteiger partial charge in [0.2, 0.25) is 0 Å². The van der Waals surface area contributed by atoms with Gasteiger partial charge in [0.25, 0.3) is 16.6 Å². The predicted octanol–water partition coefficient (Wildman–Crippen LogP) is 15.0. The molecule has 0 radical (unpaired) electrons. The summed E-state index contributed by atoms with van der Waals surface area (Å²) in [5.74, 6) is 0.0767. The Morgan fingerprint density at radius 2 is 0.878 bits per heavy atom. The highest BCUT2D eigenvalue weighted by atomic mass is 28.4. The smallest absolute Gasteiger partial charge is 0.261 e. The summed E-state index contributed by atoms with van der Waals surface area (Å²) >= 11 is 0. The largest absolute Gasteiger partial charge is 0.413 e. The van der Waals surface area contributed by atoms with Gasteiger partial charge < -0.3 is 27.2 Å². The second-order valence-electron chi connectivity index (χ2n) is 26.5. The lowest BCUT2D eigenvalue weighted by molar-refractivity contribution is -0.106. The molecule has 0 saturated carbocycles. The molecule has 6 nitrogen and oxygen atoms in total. The molecule has 0 spiro atoms. The van der Waals surface area contributed by atoms with E-state index in [1.165, 1.54) is 20.7 Å². The van der Waals surface area contributed by atoms with Gasteiger partial charge in [-0.2, -0.15) is 0 Å². The van der Waals surface area contributed by atoms with Crippen LogP contribution in [0.15, 0.2) is 146 Å². The molecular weight excluding hydrogens is 977 g/mol. The Kier molecular flexibility index (Phi) is 22.4. The summed E-state index contributed by atoms with van der Waals surface area (Å²) in [6, 6.07) is 43.9. The Hall–Kier alpha value is -3.01. The van der Waals surface area contributed by atoms with Crippen molar-refractivity contribution in [3.05, 3.63) is 146 Å². The van der Waals surface area contributed by atoms with E-state index < -0.39 is 33.3 Å². The van der Waals surface area contributed by atoms with Crippen LogP contribution in [0.2, 0.25) is 46.3 Å². The average molecular weight is 1080 g/mol. The zero-order chi connectivity index (χ0) is 55.6. The van der Waals surface area contributed by atoms with Crippen molar-refractivity contribution in [1.82, 2.24) is 0 Å². The third-order valence-electron chi connectivity index (χ3n) is 16.8.